The third-order valence-corrected chi connectivity index (χ3v) is 3.09. The van der Waals surface area contributed by atoms with E-state index in [4.69, 9.17) is 9.84 Å². The quantitative estimate of drug-likeness (QED) is 0.727. The predicted octanol–water partition coefficient (Wildman–Crippen LogP) is 0.493. The molecule has 1 heterocycles. The Hall–Kier alpha value is -1.59. The first-order valence-electron chi connectivity index (χ1n) is 6.08. The molecule has 1 aromatic rings. The van der Waals surface area contributed by atoms with Crippen molar-refractivity contribution in [3.63, 3.8) is 0 Å². The summed E-state index contributed by atoms with van der Waals surface area (Å²) in [7, 11) is 0. The second-order valence-corrected chi connectivity index (χ2v) is 4.41. The second kappa shape index (κ2) is 6.37. The number of aliphatic hydroxyl groups is 1. The summed E-state index contributed by atoms with van der Waals surface area (Å²) in [6.07, 6.45) is -0.439. The van der Waals surface area contributed by atoms with Gasteiger partial charge in [0.15, 0.2) is 0 Å². The predicted molar refractivity (Wildman–Crippen MR) is 67.0 cm³/mol. The Morgan fingerprint density at radius 1 is 1.39 bits per heavy atom. The van der Waals surface area contributed by atoms with Crippen LogP contribution in [0.25, 0.3) is 0 Å². The van der Waals surface area contributed by atoms with Gasteiger partial charge in [-0.1, -0.05) is 30.3 Å². The third kappa shape index (κ3) is 3.45. The molecule has 1 amide bonds. The molecule has 0 saturated carbocycles. The molecule has 0 aliphatic carbocycles. The number of ether oxygens (including phenoxy) is 1. The van der Waals surface area contributed by atoms with Crippen molar-refractivity contribution < 1.29 is 14.6 Å². The van der Waals surface area contributed by atoms with E-state index in [-0.39, 0.29) is 25.2 Å². The lowest BCUT2D eigenvalue weighted by molar-refractivity contribution is 0.130. The van der Waals surface area contributed by atoms with Gasteiger partial charge in [0.25, 0.3) is 0 Å². The number of hydrogen-bond acceptors (Lipinski definition) is 4. The van der Waals surface area contributed by atoms with E-state index in [1.54, 1.807) is 0 Å². The number of aliphatic hydroxyl groups excluding tert-OH is 1. The third-order valence-electron chi connectivity index (χ3n) is 3.09. The van der Waals surface area contributed by atoms with Gasteiger partial charge in [-0.25, -0.2) is 4.79 Å². The van der Waals surface area contributed by atoms with Crippen molar-refractivity contribution in [2.45, 2.75) is 12.6 Å². The van der Waals surface area contributed by atoms with Gasteiger partial charge in [-0.15, -0.1) is 0 Å². The fraction of sp³-hybridized carbons (Fsp3) is 0.462. The average Bonchev–Trinajstić information content (AvgIpc) is 2.85. The average molecular weight is 250 g/mol. The molecule has 3 N–H and O–H groups in total. The standard InChI is InChI=1S/C13H18N2O3/c16-8-11-6-14-7-12(11)15-13(17)18-9-10-4-2-1-3-5-10/h1-5,11-12,14,16H,6-9H2,(H,15,17)/t11-,12+/m0/s1. The zero-order chi connectivity index (χ0) is 12.8. The van der Waals surface area contributed by atoms with Crippen LogP contribution < -0.4 is 10.6 Å². The zero-order valence-corrected chi connectivity index (χ0v) is 10.1. The number of carbonyl (C=O) groups is 1. The molecule has 1 aliphatic heterocycles. The maximum Gasteiger partial charge on any atom is 0.407 e. The smallest absolute Gasteiger partial charge is 0.407 e. The number of carbonyl (C=O) groups excluding carboxylic acids is 1. The van der Waals surface area contributed by atoms with Crippen molar-refractivity contribution in [3.8, 4) is 0 Å². The minimum Gasteiger partial charge on any atom is -0.445 e. The molecule has 5 heteroatoms. The second-order valence-electron chi connectivity index (χ2n) is 4.41. The number of rotatable bonds is 4. The number of alkyl carbamates (subject to hydrolysis) is 1. The van der Waals surface area contributed by atoms with Crippen molar-refractivity contribution in [2.24, 2.45) is 5.92 Å². The normalized spacial score (nSPS) is 22.7. The molecule has 0 aromatic heterocycles. The number of nitrogens with one attached hydrogen (secondary N) is 2. The van der Waals surface area contributed by atoms with E-state index in [2.05, 4.69) is 10.6 Å². The van der Waals surface area contributed by atoms with Crippen molar-refractivity contribution in [1.29, 1.82) is 0 Å². The first kappa shape index (κ1) is 12.9. The highest BCUT2D eigenvalue weighted by Crippen LogP contribution is 2.08. The Bertz CT molecular complexity index is 383. The summed E-state index contributed by atoms with van der Waals surface area (Å²) < 4.78 is 5.12. The highest BCUT2D eigenvalue weighted by Gasteiger charge is 2.27. The van der Waals surface area contributed by atoms with E-state index in [9.17, 15) is 4.79 Å². The van der Waals surface area contributed by atoms with Crippen LogP contribution in [0.2, 0.25) is 0 Å². The molecule has 2 atom stereocenters. The van der Waals surface area contributed by atoms with Crippen LogP contribution in [0.5, 0.6) is 0 Å². The van der Waals surface area contributed by atoms with Gasteiger partial charge in [0, 0.05) is 25.6 Å². The molecule has 0 unspecified atom stereocenters. The molecule has 1 fully saturated rings. The topological polar surface area (TPSA) is 70.6 Å². The van der Waals surface area contributed by atoms with Crippen LogP contribution in [0.4, 0.5) is 4.79 Å². The number of hydrogen-bond donors (Lipinski definition) is 3. The Balaban J connectivity index is 1.75. The molecule has 0 bridgehead atoms. The first-order valence-corrected chi connectivity index (χ1v) is 6.08. The Labute approximate surface area is 106 Å². The van der Waals surface area contributed by atoms with Crippen molar-refractivity contribution in [1.82, 2.24) is 10.6 Å². The molecular weight excluding hydrogens is 232 g/mol. The van der Waals surface area contributed by atoms with Crippen LogP contribution in [0.1, 0.15) is 5.56 Å². The summed E-state index contributed by atoms with van der Waals surface area (Å²) in [4.78, 5) is 11.6. The van der Waals surface area contributed by atoms with Gasteiger partial charge in [-0.2, -0.15) is 0 Å². The molecule has 2 rings (SSSR count). The van der Waals surface area contributed by atoms with E-state index in [0.717, 1.165) is 12.1 Å². The largest absolute Gasteiger partial charge is 0.445 e. The first-order chi connectivity index (χ1) is 8.79. The van der Waals surface area contributed by atoms with Gasteiger partial charge >= 0.3 is 6.09 Å². The molecule has 0 radical (unpaired) electrons. The van der Waals surface area contributed by atoms with Gasteiger partial charge in [0.2, 0.25) is 0 Å². The van der Waals surface area contributed by atoms with E-state index in [1.165, 1.54) is 0 Å². The van der Waals surface area contributed by atoms with Crippen LogP contribution in [-0.2, 0) is 11.3 Å². The minimum atomic E-state index is -0.439. The van der Waals surface area contributed by atoms with Crippen LogP contribution in [0, 0.1) is 5.92 Å². The van der Waals surface area contributed by atoms with Gasteiger partial charge in [0.05, 0.1) is 6.04 Å². The molecule has 0 spiro atoms. The van der Waals surface area contributed by atoms with Crippen LogP contribution in [0.3, 0.4) is 0 Å². The number of benzene rings is 1. The van der Waals surface area contributed by atoms with Gasteiger partial charge in [-0.05, 0) is 5.56 Å². The lowest BCUT2D eigenvalue weighted by atomic mass is 10.1. The van der Waals surface area contributed by atoms with E-state index in [0.29, 0.717) is 6.54 Å². The molecular formula is C13H18N2O3. The molecule has 1 aromatic carbocycles. The summed E-state index contributed by atoms with van der Waals surface area (Å²) >= 11 is 0. The van der Waals surface area contributed by atoms with Crippen LogP contribution in [0.15, 0.2) is 30.3 Å². The maximum atomic E-state index is 11.6. The van der Waals surface area contributed by atoms with Crippen molar-refractivity contribution in [3.05, 3.63) is 35.9 Å². The van der Waals surface area contributed by atoms with E-state index >= 15 is 0 Å². The Kier molecular flexibility index (Phi) is 4.55. The summed E-state index contributed by atoms with van der Waals surface area (Å²) in [5.41, 5.74) is 0.955. The Morgan fingerprint density at radius 3 is 2.89 bits per heavy atom. The fourth-order valence-corrected chi connectivity index (χ4v) is 2.01. The summed E-state index contributed by atoms with van der Waals surface area (Å²) in [5.74, 6) is 0.0641. The van der Waals surface area contributed by atoms with Gasteiger partial charge < -0.3 is 20.5 Å². The SMILES string of the molecule is O=C(N[C@@H]1CNC[C@H]1CO)OCc1ccccc1. The zero-order valence-electron chi connectivity index (χ0n) is 10.1. The van der Waals surface area contributed by atoms with E-state index in [1.807, 2.05) is 30.3 Å². The summed E-state index contributed by atoms with van der Waals surface area (Å²) in [6.45, 7) is 1.72. The molecule has 18 heavy (non-hydrogen) atoms. The lowest BCUT2D eigenvalue weighted by Gasteiger charge is -2.17. The maximum absolute atomic E-state index is 11.6. The molecule has 1 aliphatic rings. The van der Waals surface area contributed by atoms with E-state index < -0.39 is 6.09 Å². The van der Waals surface area contributed by atoms with Gasteiger partial charge in [0.1, 0.15) is 6.61 Å². The monoisotopic (exact) mass is 250 g/mol. The van der Waals surface area contributed by atoms with Crippen LogP contribution in [-0.4, -0.2) is 36.9 Å². The molecule has 5 nitrogen and oxygen atoms in total. The minimum absolute atomic E-state index is 0.0572. The molecule has 1 saturated heterocycles. The van der Waals surface area contributed by atoms with Crippen molar-refractivity contribution >= 4 is 6.09 Å². The highest BCUT2D eigenvalue weighted by molar-refractivity contribution is 5.67. The Morgan fingerprint density at radius 2 is 2.17 bits per heavy atom. The van der Waals surface area contributed by atoms with Gasteiger partial charge in [-0.3, -0.25) is 0 Å². The van der Waals surface area contributed by atoms with Crippen LogP contribution >= 0.6 is 0 Å². The highest BCUT2D eigenvalue weighted by atomic mass is 16.5. The summed E-state index contributed by atoms with van der Waals surface area (Å²) in [5, 5.41) is 15.0. The summed E-state index contributed by atoms with van der Waals surface area (Å²) in [6, 6.07) is 9.47. The van der Waals surface area contributed by atoms with Crippen molar-refractivity contribution in [2.75, 3.05) is 19.7 Å². The number of amides is 1. The molecule has 98 valence electrons. The fourth-order valence-electron chi connectivity index (χ4n) is 2.01. The lowest BCUT2D eigenvalue weighted by Crippen LogP contribution is -2.41.